The maximum atomic E-state index is 13.8. The number of hydrogen-bond acceptors (Lipinski definition) is 8. The van der Waals surface area contributed by atoms with Crippen LogP contribution in [0.3, 0.4) is 0 Å². The molecule has 11 heteroatoms. The molecule has 3 aromatic heterocycles. The van der Waals surface area contributed by atoms with Gasteiger partial charge in [-0.1, -0.05) is 12.1 Å². The number of hydrogen-bond donors (Lipinski definition) is 1. The van der Waals surface area contributed by atoms with E-state index >= 15 is 0 Å². The number of fused-ring (bicyclic) bond motifs is 2. The van der Waals surface area contributed by atoms with Crippen LogP contribution >= 0.6 is 0 Å². The molecule has 1 aromatic carbocycles. The number of aryl methyl sites for hydroxylation is 1. The number of ether oxygens (including phenoxy) is 1. The van der Waals surface area contributed by atoms with Crippen molar-refractivity contribution in [1.82, 2.24) is 23.7 Å². The highest BCUT2D eigenvalue weighted by molar-refractivity contribution is 5.79. The van der Waals surface area contributed by atoms with E-state index in [1.807, 2.05) is 41.8 Å². The van der Waals surface area contributed by atoms with Gasteiger partial charge in [0.1, 0.15) is 6.54 Å². The standard InChI is InChI=1S/C26H31N7O4/c1-3-31-22-23(29-25(31)30-12-6-8-19(27)15-30)32(16-21(34)37-4-2)26(36)33(24(22)35)14-17-9-10-20-18(13-17)7-5-11-28-20/h5,7,9-11,13,19H,3-4,6,8,12,14-16,27H2,1-2H3. The van der Waals surface area contributed by atoms with Gasteiger partial charge in [0, 0.05) is 37.3 Å². The Bertz CT molecular complexity index is 1590. The lowest BCUT2D eigenvalue weighted by molar-refractivity contribution is -0.143. The molecule has 0 spiro atoms. The maximum absolute atomic E-state index is 13.8. The smallest absolute Gasteiger partial charge is 0.333 e. The molecule has 0 aliphatic carbocycles. The zero-order chi connectivity index (χ0) is 26.1. The SMILES string of the molecule is CCOC(=O)Cn1c(=O)n(Cc2ccc3ncccc3c2)c(=O)c2c1nc(N1CCCC(N)C1)n2CC. The number of nitrogens with zero attached hydrogens (tertiary/aromatic N) is 6. The lowest BCUT2D eigenvalue weighted by Crippen LogP contribution is -2.44. The van der Waals surface area contributed by atoms with Crippen molar-refractivity contribution >= 4 is 34.0 Å². The average Bonchev–Trinajstić information content (AvgIpc) is 3.29. The molecule has 1 saturated heterocycles. The summed E-state index contributed by atoms with van der Waals surface area (Å²) >= 11 is 0. The maximum Gasteiger partial charge on any atom is 0.333 e. The first-order chi connectivity index (χ1) is 17.9. The molecule has 0 radical (unpaired) electrons. The van der Waals surface area contributed by atoms with Crippen molar-refractivity contribution < 1.29 is 9.53 Å². The van der Waals surface area contributed by atoms with Gasteiger partial charge in [-0.15, -0.1) is 0 Å². The first-order valence-electron chi connectivity index (χ1n) is 12.6. The molecule has 1 fully saturated rings. The number of nitrogens with two attached hydrogens (primary N) is 1. The van der Waals surface area contributed by atoms with Gasteiger partial charge in [0.2, 0.25) is 5.95 Å². The van der Waals surface area contributed by atoms with E-state index in [2.05, 4.69) is 9.88 Å². The minimum Gasteiger partial charge on any atom is -0.465 e. The van der Waals surface area contributed by atoms with E-state index in [9.17, 15) is 14.4 Å². The molecular weight excluding hydrogens is 474 g/mol. The largest absolute Gasteiger partial charge is 0.465 e. The van der Waals surface area contributed by atoms with Crippen molar-refractivity contribution in [2.24, 2.45) is 5.73 Å². The Morgan fingerprint density at radius 3 is 2.76 bits per heavy atom. The predicted octanol–water partition coefficient (Wildman–Crippen LogP) is 1.47. The van der Waals surface area contributed by atoms with E-state index in [1.165, 1.54) is 9.13 Å². The quantitative estimate of drug-likeness (QED) is 0.374. The molecule has 0 bridgehead atoms. The summed E-state index contributed by atoms with van der Waals surface area (Å²) in [6, 6.07) is 9.38. The van der Waals surface area contributed by atoms with Gasteiger partial charge in [0.25, 0.3) is 5.56 Å². The number of carbonyl (C=O) groups excluding carboxylic acids is 1. The highest BCUT2D eigenvalue weighted by Gasteiger charge is 2.27. The number of imidazole rings is 1. The first-order valence-corrected chi connectivity index (χ1v) is 12.6. The number of aromatic nitrogens is 5. The second-order valence-electron chi connectivity index (χ2n) is 9.27. The van der Waals surface area contributed by atoms with Crippen LogP contribution in [0.5, 0.6) is 0 Å². The third-order valence-electron chi connectivity index (χ3n) is 6.75. The predicted molar refractivity (Wildman–Crippen MR) is 141 cm³/mol. The minimum atomic E-state index is -0.612. The zero-order valence-electron chi connectivity index (χ0n) is 21.1. The number of piperidine rings is 1. The summed E-state index contributed by atoms with van der Waals surface area (Å²) < 4.78 is 9.35. The summed E-state index contributed by atoms with van der Waals surface area (Å²) in [4.78, 5) is 51.1. The zero-order valence-corrected chi connectivity index (χ0v) is 21.1. The summed E-state index contributed by atoms with van der Waals surface area (Å²) in [5, 5.41) is 0.906. The third-order valence-corrected chi connectivity index (χ3v) is 6.75. The van der Waals surface area contributed by atoms with Gasteiger partial charge in [0.05, 0.1) is 18.7 Å². The van der Waals surface area contributed by atoms with Crippen LogP contribution in [-0.4, -0.2) is 55.4 Å². The number of carbonyl (C=O) groups is 1. The number of anilines is 1. The van der Waals surface area contributed by atoms with Gasteiger partial charge in [-0.05, 0) is 50.5 Å². The molecule has 2 N–H and O–H groups in total. The minimum absolute atomic E-state index is 0.000329. The molecule has 0 saturated carbocycles. The van der Waals surface area contributed by atoms with Gasteiger partial charge in [-0.25, -0.2) is 4.79 Å². The Labute approximate surface area is 213 Å². The van der Waals surface area contributed by atoms with Crippen LogP contribution in [-0.2, 0) is 29.2 Å². The van der Waals surface area contributed by atoms with Gasteiger partial charge < -0.3 is 19.9 Å². The van der Waals surface area contributed by atoms with E-state index in [0.717, 1.165) is 35.9 Å². The van der Waals surface area contributed by atoms with Crippen LogP contribution in [0.2, 0.25) is 0 Å². The molecule has 0 amide bonds. The second kappa shape index (κ2) is 10.2. The fourth-order valence-electron chi connectivity index (χ4n) is 5.04. The number of rotatable bonds is 7. The van der Waals surface area contributed by atoms with Crippen molar-refractivity contribution in [3.8, 4) is 0 Å². The number of esters is 1. The highest BCUT2D eigenvalue weighted by atomic mass is 16.5. The molecule has 1 unspecified atom stereocenters. The fourth-order valence-corrected chi connectivity index (χ4v) is 5.04. The fraction of sp³-hybridized carbons (Fsp3) is 0.423. The van der Waals surface area contributed by atoms with Crippen molar-refractivity contribution in [3.05, 3.63) is 62.9 Å². The monoisotopic (exact) mass is 505 g/mol. The van der Waals surface area contributed by atoms with Crippen LogP contribution < -0.4 is 21.9 Å². The Hall–Kier alpha value is -3.99. The lowest BCUT2D eigenvalue weighted by atomic mass is 10.1. The summed E-state index contributed by atoms with van der Waals surface area (Å²) in [7, 11) is 0. The van der Waals surface area contributed by atoms with Crippen molar-refractivity contribution in [2.45, 2.75) is 52.4 Å². The summed E-state index contributed by atoms with van der Waals surface area (Å²) in [5.74, 6) is 0.0109. The lowest BCUT2D eigenvalue weighted by Gasteiger charge is -2.31. The van der Waals surface area contributed by atoms with E-state index in [1.54, 1.807) is 13.1 Å². The molecule has 1 aliphatic rings. The van der Waals surface area contributed by atoms with Crippen LogP contribution in [0.4, 0.5) is 5.95 Å². The number of pyridine rings is 1. The molecule has 1 atom stereocenters. The average molecular weight is 506 g/mol. The van der Waals surface area contributed by atoms with Gasteiger partial charge in [-0.3, -0.25) is 23.7 Å². The first kappa shape index (κ1) is 24.7. The molecule has 5 rings (SSSR count). The Morgan fingerprint density at radius 1 is 1.16 bits per heavy atom. The number of benzene rings is 1. The Morgan fingerprint density at radius 2 is 2.00 bits per heavy atom. The Balaban J connectivity index is 1.70. The van der Waals surface area contributed by atoms with Crippen LogP contribution in [0.1, 0.15) is 32.3 Å². The molecule has 194 valence electrons. The van der Waals surface area contributed by atoms with Crippen molar-refractivity contribution in [1.29, 1.82) is 0 Å². The highest BCUT2D eigenvalue weighted by Crippen LogP contribution is 2.23. The molecular formula is C26H31N7O4. The van der Waals surface area contributed by atoms with E-state index in [4.69, 9.17) is 15.5 Å². The van der Waals surface area contributed by atoms with Crippen LogP contribution in [0, 0.1) is 0 Å². The summed E-state index contributed by atoms with van der Waals surface area (Å²) in [6.07, 6.45) is 3.54. The van der Waals surface area contributed by atoms with E-state index < -0.39 is 17.2 Å². The topological polar surface area (TPSA) is 130 Å². The third kappa shape index (κ3) is 4.62. The van der Waals surface area contributed by atoms with Crippen LogP contribution in [0.25, 0.3) is 22.1 Å². The van der Waals surface area contributed by atoms with Crippen LogP contribution in [0.15, 0.2) is 46.1 Å². The second-order valence-corrected chi connectivity index (χ2v) is 9.27. The molecule has 4 aromatic rings. The summed E-state index contributed by atoms with van der Waals surface area (Å²) in [6.45, 7) is 5.33. The van der Waals surface area contributed by atoms with Crippen molar-refractivity contribution in [3.63, 3.8) is 0 Å². The molecule has 1 aliphatic heterocycles. The summed E-state index contributed by atoms with van der Waals surface area (Å²) in [5.41, 5.74) is 7.20. The Kier molecular flexibility index (Phi) is 6.79. The molecule has 11 nitrogen and oxygen atoms in total. The normalized spacial score (nSPS) is 16.0. The molecule has 4 heterocycles. The van der Waals surface area contributed by atoms with E-state index in [0.29, 0.717) is 19.0 Å². The van der Waals surface area contributed by atoms with Crippen molar-refractivity contribution in [2.75, 3.05) is 24.6 Å². The van der Waals surface area contributed by atoms with Gasteiger partial charge in [-0.2, -0.15) is 4.98 Å². The van der Waals surface area contributed by atoms with E-state index in [-0.39, 0.29) is 36.9 Å². The van der Waals surface area contributed by atoms with Gasteiger partial charge >= 0.3 is 11.7 Å². The van der Waals surface area contributed by atoms with Gasteiger partial charge in [0.15, 0.2) is 11.2 Å². The molecule has 37 heavy (non-hydrogen) atoms.